The van der Waals surface area contributed by atoms with E-state index in [0.717, 1.165) is 31.2 Å². The van der Waals surface area contributed by atoms with Gasteiger partial charge < -0.3 is 5.73 Å². The van der Waals surface area contributed by atoms with Gasteiger partial charge in [-0.3, -0.25) is 0 Å². The number of nitrogen functional groups attached to an aromatic ring is 1. The van der Waals surface area contributed by atoms with Crippen LogP contribution in [0.2, 0.25) is 0 Å². The molecule has 0 aromatic heterocycles. The maximum absolute atomic E-state index is 13.2. The van der Waals surface area contributed by atoms with Crippen LogP contribution in [0, 0.1) is 11.6 Å². The highest BCUT2D eigenvalue weighted by molar-refractivity contribution is 5.44. The van der Waals surface area contributed by atoms with Crippen LogP contribution < -0.4 is 5.73 Å². The minimum absolute atomic E-state index is 0.309. The van der Waals surface area contributed by atoms with Crippen molar-refractivity contribution in [3.63, 3.8) is 0 Å². The van der Waals surface area contributed by atoms with Gasteiger partial charge in [0.25, 0.3) is 0 Å². The van der Waals surface area contributed by atoms with Gasteiger partial charge in [-0.25, -0.2) is 8.78 Å². The molecule has 1 saturated carbocycles. The minimum atomic E-state index is -0.629. The lowest BCUT2D eigenvalue weighted by Crippen LogP contribution is -2.06. The van der Waals surface area contributed by atoms with Crippen molar-refractivity contribution in [2.75, 3.05) is 5.73 Å². The number of halogens is 2. The maximum Gasteiger partial charge on any atom is 0.149 e. The predicted octanol–water partition coefficient (Wildman–Crippen LogP) is 3.59. The molecule has 0 radical (unpaired) electrons. The van der Waals surface area contributed by atoms with Gasteiger partial charge in [0.15, 0.2) is 0 Å². The highest BCUT2D eigenvalue weighted by atomic mass is 19.1. The van der Waals surface area contributed by atoms with Crippen LogP contribution in [-0.2, 0) is 0 Å². The van der Waals surface area contributed by atoms with Crippen molar-refractivity contribution in [1.82, 2.24) is 0 Å². The fourth-order valence-electron chi connectivity index (χ4n) is 2.28. The summed E-state index contributed by atoms with van der Waals surface area (Å²) in [4.78, 5) is 0. The molecular weight excluding hydrogens is 196 g/mol. The van der Waals surface area contributed by atoms with Gasteiger partial charge in [0.2, 0.25) is 0 Å². The number of rotatable bonds is 1. The highest BCUT2D eigenvalue weighted by Gasteiger charge is 2.18. The van der Waals surface area contributed by atoms with Crippen LogP contribution in [0.1, 0.15) is 43.6 Å². The summed E-state index contributed by atoms with van der Waals surface area (Å²) in [6.45, 7) is 0. The van der Waals surface area contributed by atoms with Crippen molar-refractivity contribution < 1.29 is 8.78 Å². The zero-order valence-electron chi connectivity index (χ0n) is 8.60. The van der Waals surface area contributed by atoms with Gasteiger partial charge in [-0.15, -0.1) is 0 Å². The van der Waals surface area contributed by atoms with Crippen LogP contribution in [0.4, 0.5) is 14.5 Å². The van der Waals surface area contributed by atoms with Crippen molar-refractivity contribution in [2.45, 2.75) is 38.0 Å². The first-order valence-electron chi connectivity index (χ1n) is 5.43. The summed E-state index contributed by atoms with van der Waals surface area (Å²) in [5.74, 6) is -0.950. The molecule has 1 aromatic carbocycles. The molecular formula is C12H15F2N. The molecule has 2 N–H and O–H groups in total. The van der Waals surface area contributed by atoms with E-state index >= 15 is 0 Å². The van der Waals surface area contributed by atoms with Crippen LogP contribution in [-0.4, -0.2) is 0 Å². The summed E-state index contributed by atoms with van der Waals surface area (Å²) in [7, 11) is 0. The lowest BCUT2D eigenvalue weighted by molar-refractivity contribution is 0.440. The SMILES string of the molecule is Nc1c(F)cc(C2CCCCC2)cc1F. The minimum Gasteiger partial charge on any atom is -0.394 e. The number of anilines is 1. The second-order valence-electron chi connectivity index (χ2n) is 4.23. The standard InChI is InChI=1S/C12H15F2N/c13-10-6-9(7-11(14)12(10)15)8-4-2-1-3-5-8/h6-8H,1-5,15H2. The fourth-order valence-corrected chi connectivity index (χ4v) is 2.28. The van der Waals surface area contributed by atoms with E-state index in [4.69, 9.17) is 5.73 Å². The molecule has 1 aliphatic rings. The molecule has 2 rings (SSSR count). The molecule has 3 heteroatoms. The largest absolute Gasteiger partial charge is 0.394 e. The predicted molar refractivity (Wildman–Crippen MR) is 56.6 cm³/mol. The Labute approximate surface area is 88.3 Å². The summed E-state index contributed by atoms with van der Waals surface area (Å²) >= 11 is 0. The summed E-state index contributed by atoms with van der Waals surface area (Å²) < 4.78 is 26.5. The molecule has 1 aliphatic carbocycles. The molecule has 1 aromatic rings. The molecule has 15 heavy (non-hydrogen) atoms. The van der Waals surface area contributed by atoms with Crippen molar-refractivity contribution in [2.24, 2.45) is 0 Å². The fraction of sp³-hybridized carbons (Fsp3) is 0.500. The molecule has 1 nitrogen and oxygen atoms in total. The second-order valence-corrected chi connectivity index (χ2v) is 4.23. The smallest absolute Gasteiger partial charge is 0.149 e. The number of hydrogen-bond acceptors (Lipinski definition) is 1. The number of hydrogen-bond donors (Lipinski definition) is 1. The van der Waals surface area contributed by atoms with Crippen LogP contribution in [0.3, 0.4) is 0 Å². The molecule has 0 unspecified atom stereocenters. The Kier molecular flexibility index (Phi) is 2.89. The molecule has 0 bridgehead atoms. The zero-order valence-corrected chi connectivity index (χ0v) is 8.60. The van der Waals surface area contributed by atoms with Gasteiger partial charge in [-0.2, -0.15) is 0 Å². The monoisotopic (exact) mass is 211 g/mol. The van der Waals surface area contributed by atoms with Crippen molar-refractivity contribution >= 4 is 5.69 Å². The Morgan fingerprint density at radius 3 is 2.07 bits per heavy atom. The second kappa shape index (κ2) is 4.17. The van der Waals surface area contributed by atoms with Gasteiger partial charge in [0.05, 0.1) is 0 Å². The number of benzene rings is 1. The highest BCUT2D eigenvalue weighted by Crippen LogP contribution is 2.34. The van der Waals surface area contributed by atoms with Crippen LogP contribution in [0.25, 0.3) is 0 Å². The van der Waals surface area contributed by atoms with E-state index in [1.807, 2.05) is 0 Å². The van der Waals surface area contributed by atoms with Crippen molar-refractivity contribution in [3.8, 4) is 0 Å². The van der Waals surface area contributed by atoms with E-state index in [2.05, 4.69) is 0 Å². The molecule has 0 spiro atoms. The molecule has 0 amide bonds. The molecule has 0 saturated heterocycles. The Bertz CT molecular complexity index is 334. The first kappa shape index (κ1) is 10.4. The Morgan fingerprint density at radius 1 is 1.00 bits per heavy atom. The van der Waals surface area contributed by atoms with E-state index in [0.29, 0.717) is 5.92 Å². The van der Waals surface area contributed by atoms with Gasteiger partial charge in [0, 0.05) is 0 Å². The molecule has 0 heterocycles. The van der Waals surface area contributed by atoms with E-state index in [9.17, 15) is 8.78 Å². The third-order valence-corrected chi connectivity index (χ3v) is 3.18. The number of nitrogens with two attached hydrogens (primary N) is 1. The maximum atomic E-state index is 13.2. The summed E-state index contributed by atoms with van der Waals surface area (Å²) in [5, 5.41) is 0. The summed E-state index contributed by atoms with van der Waals surface area (Å²) in [5.41, 5.74) is 5.63. The average molecular weight is 211 g/mol. The molecule has 0 aliphatic heterocycles. The Morgan fingerprint density at radius 2 is 1.53 bits per heavy atom. The quantitative estimate of drug-likeness (QED) is 0.706. The Balaban J connectivity index is 2.27. The van der Waals surface area contributed by atoms with Crippen molar-refractivity contribution in [3.05, 3.63) is 29.3 Å². The lowest BCUT2D eigenvalue weighted by atomic mass is 9.84. The van der Waals surface area contributed by atoms with Crippen LogP contribution in [0.15, 0.2) is 12.1 Å². The first-order chi connectivity index (χ1) is 7.18. The van der Waals surface area contributed by atoms with E-state index in [-0.39, 0.29) is 5.69 Å². The summed E-state index contributed by atoms with van der Waals surface area (Å²) in [6.07, 6.45) is 5.60. The zero-order chi connectivity index (χ0) is 10.8. The van der Waals surface area contributed by atoms with Gasteiger partial charge >= 0.3 is 0 Å². The van der Waals surface area contributed by atoms with Crippen LogP contribution in [0.5, 0.6) is 0 Å². The molecule has 0 atom stereocenters. The lowest BCUT2D eigenvalue weighted by Gasteiger charge is -2.22. The molecule has 1 fully saturated rings. The third-order valence-electron chi connectivity index (χ3n) is 3.18. The van der Waals surface area contributed by atoms with Crippen molar-refractivity contribution in [1.29, 1.82) is 0 Å². The molecule has 82 valence electrons. The van der Waals surface area contributed by atoms with Crippen LogP contribution >= 0.6 is 0 Å². The van der Waals surface area contributed by atoms with E-state index < -0.39 is 11.6 Å². The Hall–Kier alpha value is -1.12. The van der Waals surface area contributed by atoms with Gasteiger partial charge in [-0.1, -0.05) is 19.3 Å². The topological polar surface area (TPSA) is 26.0 Å². The first-order valence-corrected chi connectivity index (χ1v) is 5.43. The summed E-state index contributed by atoms with van der Waals surface area (Å²) in [6, 6.07) is 2.77. The third kappa shape index (κ3) is 2.11. The normalized spacial score (nSPS) is 18.0. The van der Waals surface area contributed by atoms with E-state index in [1.54, 1.807) is 0 Å². The van der Waals surface area contributed by atoms with Gasteiger partial charge in [0.1, 0.15) is 17.3 Å². The van der Waals surface area contributed by atoms with E-state index in [1.165, 1.54) is 18.6 Å². The van der Waals surface area contributed by atoms with Gasteiger partial charge in [-0.05, 0) is 36.5 Å². The average Bonchev–Trinajstić information content (AvgIpc) is 2.26.